The lowest BCUT2D eigenvalue weighted by Crippen LogP contribution is -2.48. The molecule has 0 bridgehead atoms. The lowest BCUT2D eigenvalue weighted by atomic mass is 10.1. The number of nitrogens with one attached hydrogen (secondary N) is 1. The van der Waals surface area contributed by atoms with Crippen LogP contribution in [0.1, 0.15) is 0 Å². The molecule has 23 heavy (non-hydrogen) atoms. The summed E-state index contributed by atoms with van der Waals surface area (Å²) in [5.74, 6) is -0.0620. The Morgan fingerprint density at radius 3 is 2.57 bits per heavy atom. The summed E-state index contributed by atoms with van der Waals surface area (Å²) in [7, 11) is 0. The van der Waals surface area contributed by atoms with Gasteiger partial charge < -0.3 is 15.0 Å². The van der Waals surface area contributed by atoms with E-state index in [9.17, 15) is 9.59 Å². The van der Waals surface area contributed by atoms with E-state index in [-0.39, 0.29) is 18.4 Å². The predicted molar refractivity (Wildman–Crippen MR) is 88.5 cm³/mol. The van der Waals surface area contributed by atoms with Crippen molar-refractivity contribution in [3.8, 4) is 5.75 Å². The Morgan fingerprint density at radius 1 is 1.13 bits per heavy atom. The number of amides is 2. The normalized spacial score (nSPS) is 16.0. The highest BCUT2D eigenvalue weighted by Gasteiger charge is 2.32. The molecule has 1 N–H and O–H groups in total. The number of ether oxygens (including phenoxy) is 1. The molecule has 1 atom stereocenters. The molecule has 0 aliphatic carbocycles. The van der Waals surface area contributed by atoms with Gasteiger partial charge in [-0.05, 0) is 30.3 Å². The van der Waals surface area contributed by atoms with Crippen LogP contribution in [0.2, 0.25) is 0 Å². The minimum absolute atomic E-state index is 0.139. The molecule has 116 valence electrons. The molecule has 2 aromatic rings. The number of hydrogen-bond donors (Lipinski definition) is 1. The average molecular weight is 308 g/mol. The van der Waals surface area contributed by atoms with E-state index < -0.39 is 6.10 Å². The van der Waals surface area contributed by atoms with Crippen LogP contribution in [0.3, 0.4) is 0 Å². The van der Waals surface area contributed by atoms with Gasteiger partial charge in [0.2, 0.25) is 0 Å². The van der Waals surface area contributed by atoms with Gasteiger partial charge in [-0.3, -0.25) is 9.59 Å². The van der Waals surface area contributed by atoms with Crippen LogP contribution in [-0.2, 0) is 9.59 Å². The molecule has 0 radical (unpaired) electrons. The molecular formula is C18H16N2O3. The van der Waals surface area contributed by atoms with Crippen LogP contribution in [0.15, 0.2) is 67.3 Å². The number of fused-ring (bicyclic) bond motifs is 1. The molecule has 5 heteroatoms. The fourth-order valence-corrected chi connectivity index (χ4v) is 2.43. The fourth-order valence-electron chi connectivity index (χ4n) is 2.43. The largest absolute Gasteiger partial charge is 0.476 e. The number of benzene rings is 2. The number of carbonyl (C=O) groups excluding carboxylic acids is 2. The van der Waals surface area contributed by atoms with Crippen LogP contribution in [0.4, 0.5) is 11.4 Å². The van der Waals surface area contributed by atoms with Crippen molar-refractivity contribution in [2.75, 3.05) is 16.8 Å². The van der Waals surface area contributed by atoms with Crippen LogP contribution in [0.25, 0.3) is 0 Å². The summed E-state index contributed by atoms with van der Waals surface area (Å²) in [5, 5.41) is 2.79. The van der Waals surface area contributed by atoms with Crippen molar-refractivity contribution in [3.05, 3.63) is 67.3 Å². The van der Waals surface area contributed by atoms with Crippen molar-refractivity contribution in [2.45, 2.75) is 6.10 Å². The van der Waals surface area contributed by atoms with Gasteiger partial charge in [-0.25, -0.2) is 0 Å². The Hall–Kier alpha value is -3.08. The molecule has 2 aromatic carbocycles. The van der Waals surface area contributed by atoms with E-state index in [0.29, 0.717) is 17.1 Å². The van der Waals surface area contributed by atoms with Gasteiger partial charge in [-0.1, -0.05) is 36.9 Å². The molecule has 0 saturated carbocycles. The first kappa shape index (κ1) is 14.8. The standard InChI is InChI=1S/C18H16N2O3/c1-2-17(21)20-12-16(23-15-11-7-6-10-14(15)20)18(22)19-13-8-4-3-5-9-13/h2-11,16H,1,12H2,(H,19,22). The van der Waals surface area contributed by atoms with E-state index in [4.69, 9.17) is 4.74 Å². The number of rotatable bonds is 3. The average Bonchev–Trinajstić information content (AvgIpc) is 2.61. The summed E-state index contributed by atoms with van der Waals surface area (Å²) in [6, 6.07) is 16.3. The van der Waals surface area contributed by atoms with Crippen molar-refractivity contribution < 1.29 is 14.3 Å². The predicted octanol–water partition coefficient (Wildman–Crippen LogP) is 2.61. The Bertz CT molecular complexity index is 743. The Balaban J connectivity index is 1.83. The fraction of sp³-hybridized carbons (Fsp3) is 0.111. The van der Waals surface area contributed by atoms with Gasteiger partial charge >= 0.3 is 0 Å². The SMILES string of the molecule is C=CC(=O)N1CC(C(=O)Nc2ccccc2)Oc2ccccc21. The van der Waals surface area contributed by atoms with Crippen LogP contribution in [-0.4, -0.2) is 24.5 Å². The highest BCUT2D eigenvalue weighted by molar-refractivity contribution is 6.04. The molecule has 1 unspecified atom stereocenters. The third-order valence-electron chi connectivity index (χ3n) is 3.55. The monoisotopic (exact) mass is 308 g/mol. The molecule has 1 heterocycles. The second-order valence-corrected chi connectivity index (χ2v) is 5.08. The van der Waals surface area contributed by atoms with E-state index >= 15 is 0 Å². The molecule has 5 nitrogen and oxygen atoms in total. The second-order valence-electron chi connectivity index (χ2n) is 5.08. The summed E-state index contributed by atoms with van der Waals surface area (Å²) in [6.45, 7) is 3.65. The number of hydrogen-bond acceptors (Lipinski definition) is 3. The third-order valence-corrected chi connectivity index (χ3v) is 3.55. The van der Waals surface area contributed by atoms with E-state index in [2.05, 4.69) is 11.9 Å². The number of anilines is 2. The first-order valence-electron chi connectivity index (χ1n) is 7.24. The van der Waals surface area contributed by atoms with Crippen LogP contribution in [0, 0.1) is 0 Å². The van der Waals surface area contributed by atoms with Gasteiger partial charge in [0.1, 0.15) is 5.75 Å². The maximum absolute atomic E-state index is 12.4. The quantitative estimate of drug-likeness (QED) is 0.887. The maximum atomic E-state index is 12.4. The topological polar surface area (TPSA) is 58.6 Å². The Kier molecular flexibility index (Phi) is 4.10. The second kappa shape index (κ2) is 6.36. The van der Waals surface area contributed by atoms with Crippen molar-refractivity contribution in [3.63, 3.8) is 0 Å². The molecule has 0 fully saturated rings. The lowest BCUT2D eigenvalue weighted by Gasteiger charge is -2.33. The minimum Gasteiger partial charge on any atom is -0.476 e. The zero-order chi connectivity index (χ0) is 16.2. The van der Waals surface area contributed by atoms with Gasteiger partial charge in [-0.2, -0.15) is 0 Å². The smallest absolute Gasteiger partial charge is 0.267 e. The van der Waals surface area contributed by atoms with Gasteiger partial charge in [0.25, 0.3) is 11.8 Å². The van der Waals surface area contributed by atoms with Gasteiger partial charge in [0.05, 0.1) is 12.2 Å². The molecule has 0 spiro atoms. The van der Waals surface area contributed by atoms with Crippen molar-refractivity contribution >= 4 is 23.2 Å². The van der Waals surface area contributed by atoms with E-state index in [1.807, 2.05) is 24.3 Å². The van der Waals surface area contributed by atoms with Crippen molar-refractivity contribution in [1.29, 1.82) is 0 Å². The van der Waals surface area contributed by atoms with E-state index in [1.54, 1.807) is 30.3 Å². The summed E-state index contributed by atoms with van der Waals surface area (Å²) in [4.78, 5) is 26.0. The van der Waals surface area contributed by atoms with Crippen molar-refractivity contribution in [1.82, 2.24) is 0 Å². The molecule has 2 amide bonds. The maximum Gasteiger partial charge on any atom is 0.267 e. The molecule has 0 saturated heterocycles. The molecule has 0 aromatic heterocycles. The highest BCUT2D eigenvalue weighted by atomic mass is 16.5. The molecular weight excluding hydrogens is 292 g/mol. The third kappa shape index (κ3) is 3.08. The highest BCUT2D eigenvalue weighted by Crippen LogP contribution is 2.33. The van der Waals surface area contributed by atoms with Crippen LogP contribution in [0.5, 0.6) is 5.75 Å². The zero-order valence-electron chi connectivity index (χ0n) is 12.4. The zero-order valence-corrected chi connectivity index (χ0v) is 12.4. The summed E-state index contributed by atoms with van der Waals surface area (Å²) in [6.07, 6.45) is 0.447. The number of para-hydroxylation sites is 3. The number of carbonyl (C=O) groups is 2. The van der Waals surface area contributed by atoms with Crippen molar-refractivity contribution in [2.24, 2.45) is 0 Å². The Morgan fingerprint density at radius 2 is 1.83 bits per heavy atom. The lowest BCUT2D eigenvalue weighted by molar-refractivity contribution is -0.123. The van der Waals surface area contributed by atoms with Gasteiger partial charge in [0, 0.05) is 5.69 Å². The number of nitrogens with zero attached hydrogens (tertiary/aromatic N) is 1. The van der Waals surface area contributed by atoms with Crippen LogP contribution < -0.4 is 15.0 Å². The summed E-state index contributed by atoms with van der Waals surface area (Å²) >= 11 is 0. The Labute approximate surface area is 134 Å². The molecule has 3 rings (SSSR count). The van der Waals surface area contributed by atoms with E-state index in [1.165, 1.54) is 11.0 Å². The van der Waals surface area contributed by atoms with Gasteiger partial charge in [0.15, 0.2) is 6.10 Å². The van der Waals surface area contributed by atoms with Crippen LogP contribution >= 0.6 is 0 Å². The molecule has 1 aliphatic rings. The summed E-state index contributed by atoms with van der Waals surface area (Å²) in [5.41, 5.74) is 1.32. The molecule has 1 aliphatic heterocycles. The first-order valence-corrected chi connectivity index (χ1v) is 7.24. The minimum atomic E-state index is -0.783. The first-order chi connectivity index (χ1) is 11.2. The van der Waals surface area contributed by atoms with Gasteiger partial charge in [-0.15, -0.1) is 0 Å². The summed E-state index contributed by atoms with van der Waals surface area (Å²) < 4.78 is 5.75. The van der Waals surface area contributed by atoms with E-state index in [0.717, 1.165) is 0 Å².